The fourth-order valence-corrected chi connectivity index (χ4v) is 3.41. The quantitative estimate of drug-likeness (QED) is 0.838. The van der Waals surface area contributed by atoms with Crippen LogP contribution in [0.5, 0.6) is 0 Å². The number of rotatable bonds is 5. The predicted molar refractivity (Wildman–Crippen MR) is 89.8 cm³/mol. The topological polar surface area (TPSA) is 29.3 Å². The molecule has 2 N–H and O–H groups in total. The average Bonchev–Trinajstić information content (AvgIpc) is 2.46. The van der Waals surface area contributed by atoms with Gasteiger partial charge in [-0.1, -0.05) is 25.6 Å². The van der Waals surface area contributed by atoms with E-state index in [-0.39, 0.29) is 10.8 Å². The molecular weight excluding hydrogens is 283 g/mol. The van der Waals surface area contributed by atoms with Crippen molar-refractivity contribution in [3.8, 4) is 0 Å². The molecule has 1 aromatic rings. The maximum Gasteiger partial charge on any atom is 0.124 e. The molecule has 0 atom stereocenters. The lowest BCUT2D eigenvalue weighted by Crippen LogP contribution is -2.34. The van der Waals surface area contributed by atoms with Crippen molar-refractivity contribution in [2.75, 3.05) is 7.05 Å². The van der Waals surface area contributed by atoms with Crippen molar-refractivity contribution >= 4 is 17.2 Å². The molecular formula is C17H25FN2S. The van der Waals surface area contributed by atoms with E-state index in [1.54, 1.807) is 6.07 Å². The van der Waals surface area contributed by atoms with Crippen LogP contribution in [0.1, 0.15) is 50.2 Å². The third-order valence-electron chi connectivity index (χ3n) is 4.69. The number of benzene rings is 1. The van der Waals surface area contributed by atoms with Crippen LogP contribution < -0.4 is 5.73 Å². The normalized spacial score (nSPS) is 22.5. The molecule has 0 aliphatic heterocycles. The highest BCUT2D eigenvalue weighted by atomic mass is 32.1. The number of hydrogen-bond donors (Lipinski definition) is 1. The van der Waals surface area contributed by atoms with Gasteiger partial charge in [0.15, 0.2) is 0 Å². The maximum atomic E-state index is 13.6. The largest absolute Gasteiger partial charge is 0.389 e. The molecule has 1 fully saturated rings. The Bertz CT molecular complexity index is 496. The molecule has 0 saturated heterocycles. The lowest BCUT2D eigenvalue weighted by Gasteiger charge is -2.34. The van der Waals surface area contributed by atoms with Gasteiger partial charge in [0.05, 0.1) is 0 Å². The number of hydrogen-bond acceptors (Lipinski definition) is 2. The zero-order chi connectivity index (χ0) is 15.4. The van der Waals surface area contributed by atoms with Crippen LogP contribution in [0, 0.1) is 11.7 Å². The molecule has 0 bridgehead atoms. The summed E-state index contributed by atoms with van der Waals surface area (Å²) in [5.41, 5.74) is 7.16. The second-order valence-corrected chi connectivity index (χ2v) is 6.65. The van der Waals surface area contributed by atoms with Gasteiger partial charge in [-0.05, 0) is 62.4 Å². The Labute approximate surface area is 132 Å². The minimum atomic E-state index is -0.265. The monoisotopic (exact) mass is 308 g/mol. The Morgan fingerprint density at radius 3 is 2.52 bits per heavy atom. The molecule has 1 saturated carbocycles. The summed E-state index contributed by atoms with van der Waals surface area (Å²) < 4.78 is 13.6. The predicted octanol–water partition coefficient (Wildman–Crippen LogP) is 3.86. The Balaban J connectivity index is 1.99. The first-order chi connectivity index (χ1) is 9.99. The van der Waals surface area contributed by atoms with Gasteiger partial charge in [0.2, 0.25) is 0 Å². The molecule has 0 amide bonds. The number of nitrogens with two attached hydrogens (primary N) is 1. The molecule has 21 heavy (non-hydrogen) atoms. The third-order valence-corrected chi connectivity index (χ3v) is 4.93. The van der Waals surface area contributed by atoms with Crippen molar-refractivity contribution in [2.24, 2.45) is 11.7 Å². The fourth-order valence-electron chi connectivity index (χ4n) is 3.29. The molecule has 1 aromatic carbocycles. The van der Waals surface area contributed by atoms with Gasteiger partial charge in [0, 0.05) is 18.2 Å². The van der Waals surface area contributed by atoms with Gasteiger partial charge in [0.25, 0.3) is 0 Å². The van der Waals surface area contributed by atoms with E-state index in [9.17, 15) is 4.39 Å². The van der Waals surface area contributed by atoms with Gasteiger partial charge in [-0.3, -0.25) is 4.90 Å². The molecule has 0 radical (unpaired) electrons. The summed E-state index contributed by atoms with van der Waals surface area (Å²) in [6, 6.07) is 5.48. The van der Waals surface area contributed by atoms with Gasteiger partial charge in [-0.25, -0.2) is 4.39 Å². The smallest absolute Gasteiger partial charge is 0.124 e. The minimum Gasteiger partial charge on any atom is -0.389 e. The highest BCUT2D eigenvalue weighted by Gasteiger charge is 2.23. The van der Waals surface area contributed by atoms with Gasteiger partial charge in [0.1, 0.15) is 10.8 Å². The van der Waals surface area contributed by atoms with Crippen LogP contribution in [-0.4, -0.2) is 23.0 Å². The molecule has 0 spiro atoms. The van der Waals surface area contributed by atoms with E-state index in [4.69, 9.17) is 18.0 Å². The summed E-state index contributed by atoms with van der Waals surface area (Å²) in [6.07, 6.45) is 6.40. The summed E-state index contributed by atoms with van der Waals surface area (Å²) in [7, 11) is 2.13. The van der Waals surface area contributed by atoms with Crippen LogP contribution in [0.25, 0.3) is 0 Å². The molecule has 116 valence electrons. The number of thiocarbonyl (C=S) groups is 1. The van der Waals surface area contributed by atoms with Crippen LogP contribution >= 0.6 is 12.2 Å². The summed E-state index contributed by atoms with van der Waals surface area (Å²) in [6.45, 7) is 3.02. The highest BCUT2D eigenvalue weighted by molar-refractivity contribution is 7.80. The van der Waals surface area contributed by atoms with E-state index >= 15 is 0 Å². The van der Waals surface area contributed by atoms with E-state index < -0.39 is 0 Å². The molecule has 2 rings (SSSR count). The molecule has 1 aliphatic carbocycles. The van der Waals surface area contributed by atoms with Crippen molar-refractivity contribution in [1.29, 1.82) is 0 Å². The van der Waals surface area contributed by atoms with Crippen molar-refractivity contribution in [1.82, 2.24) is 4.90 Å². The molecule has 1 aliphatic rings. The number of nitrogens with zero attached hydrogens (tertiary/aromatic N) is 1. The van der Waals surface area contributed by atoms with E-state index in [0.717, 1.165) is 18.0 Å². The van der Waals surface area contributed by atoms with Gasteiger partial charge >= 0.3 is 0 Å². The van der Waals surface area contributed by atoms with Crippen LogP contribution in [0.3, 0.4) is 0 Å². The first kappa shape index (κ1) is 16.4. The van der Waals surface area contributed by atoms with Crippen LogP contribution in [0.15, 0.2) is 18.2 Å². The molecule has 0 heterocycles. The molecule has 4 heteroatoms. The third kappa shape index (κ3) is 4.48. The zero-order valence-electron chi connectivity index (χ0n) is 12.9. The summed E-state index contributed by atoms with van der Waals surface area (Å²) in [5.74, 6) is 0.628. The van der Waals surface area contributed by atoms with Crippen molar-refractivity contribution in [3.05, 3.63) is 35.1 Å². The molecule has 0 aromatic heterocycles. The molecule has 0 unspecified atom stereocenters. The van der Waals surface area contributed by atoms with Crippen LogP contribution in [0.4, 0.5) is 4.39 Å². The highest BCUT2D eigenvalue weighted by Crippen LogP contribution is 2.29. The second kappa shape index (κ2) is 7.32. The first-order valence-electron chi connectivity index (χ1n) is 7.79. The van der Waals surface area contributed by atoms with Crippen molar-refractivity contribution < 1.29 is 4.39 Å². The Morgan fingerprint density at radius 2 is 1.95 bits per heavy atom. The average molecular weight is 308 g/mol. The zero-order valence-corrected chi connectivity index (χ0v) is 13.8. The van der Waals surface area contributed by atoms with E-state index in [2.05, 4.69) is 18.9 Å². The standard InChI is InChI=1S/C17H25FN2S/c1-3-12-4-6-16(7-5-12)20(2)11-13-8-14(17(19)21)10-15(18)9-13/h8-10,12,16H,3-7,11H2,1-2H3,(H2,19,21). The van der Waals surface area contributed by atoms with Gasteiger partial charge in [-0.2, -0.15) is 0 Å². The number of halogens is 1. The van der Waals surface area contributed by atoms with Crippen molar-refractivity contribution in [2.45, 2.75) is 51.6 Å². The van der Waals surface area contributed by atoms with Gasteiger partial charge in [-0.15, -0.1) is 0 Å². The van der Waals surface area contributed by atoms with Crippen molar-refractivity contribution in [3.63, 3.8) is 0 Å². The van der Waals surface area contributed by atoms with E-state index in [0.29, 0.717) is 11.6 Å². The van der Waals surface area contributed by atoms with Crippen LogP contribution in [0.2, 0.25) is 0 Å². The summed E-state index contributed by atoms with van der Waals surface area (Å²) in [5, 5.41) is 0. The summed E-state index contributed by atoms with van der Waals surface area (Å²) in [4.78, 5) is 2.59. The lowest BCUT2D eigenvalue weighted by atomic mass is 9.84. The van der Waals surface area contributed by atoms with Crippen LogP contribution in [-0.2, 0) is 6.54 Å². The summed E-state index contributed by atoms with van der Waals surface area (Å²) >= 11 is 4.94. The first-order valence-corrected chi connectivity index (χ1v) is 8.20. The Morgan fingerprint density at radius 1 is 1.29 bits per heavy atom. The van der Waals surface area contributed by atoms with E-state index in [1.165, 1.54) is 38.2 Å². The Hall–Kier alpha value is -1.00. The fraction of sp³-hybridized carbons (Fsp3) is 0.588. The SMILES string of the molecule is CCC1CCC(N(C)Cc2cc(F)cc(C(N)=S)c2)CC1. The maximum absolute atomic E-state index is 13.6. The van der Waals surface area contributed by atoms with E-state index in [1.807, 2.05) is 6.07 Å². The lowest BCUT2D eigenvalue weighted by molar-refractivity contribution is 0.157. The Kier molecular flexibility index (Phi) is 5.71. The van der Waals surface area contributed by atoms with Gasteiger partial charge < -0.3 is 5.73 Å². The second-order valence-electron chi connectivity index (χ2n) is 6.21. The molecule has 2 nitrogen and oxygen atoms in total. The minimum absolute atomic E-state index is 0.252.